The van der Waals surface area contributed by atoms with E-state index in [1.165, 1.54) is 11.3 Å². The zero-order valence-corrected chi connectivity index (χ0v) is 17.4. The first-order chi connectivity index (χ1) is 13.2. The number of carbonyl (C=O) groups is 3. The molecule has 0 saturated heterocycles. The first-order valence-corrected chi connectivity index (χ1v) is 9.70. The Morgan fingerprint density at radius 3 is 2.29 bits per heavy atom. The summed E-state index contributed by atoms with van der Waals surface area (Å²) in [5.41, 5.74) is 1.38. The number of hydrogen-bond donors (Lipinski definition) is 2. The van der Waals surface area contributed by atoms with Gasteiger partial charge in [0.15, 0.2) is 0 Å². The van der Waals surface area contributed by atoms with Gasteiger partial charge >= 0.3 is 6.09 Å². The van der Waals surface area contributed by atoms with Crippen LogP contribution in [0, 0.1) is 13.8 Å². The van der Waals surface area contributed by atoms with Crippen molar-refractivity contribution >= 4 is 34.2 Å². The number of carbonyl (C=O) groups excluding carboxylic acids is 3. The van der Waals surface area contributed by atoms with Crippen molar-refractivity contribution < 1.29 is 23.9 Å². The molecule has 0 bridgehead atoms. The summed E-state index contributed by atoms with van der Waals surface area (Å²) in [6.07, 6.45) is -0.786. The number of aryl methyl sites for hydroxylation is 1. The van der Waals surface area contributed by atoms with Gasteiger partial charge in [0, 0.05) is 10.4 Å². The van der Waals surface area contributed by atoms with Gasteiger partial charge in [-0.1, -0.05) is 0 Å². The van der Waals surface area contributed by atoms with Crippen LogP contribution in [0.3, 0.4) is 0 Å². The Hall–Kier alpha value is -2.87. The van der Waals surface area contributed by atoms with E-state index in [9.17, 15) is 14.4 Å². The lowest BCUT2D eigenvalue weighted by Gasteiger charge is -2.10. The lowest BCUT2D eigenvalue weighted by atomic mass is 10.1. The van der Waals surface area contributed by atoms with Crippen molar-refractivity contribution in [2.24, 2.45) is 0 Å². The standard InChI is InChI=1S/C20H24N2O5S/c1-6-26-20(25)22-18(24)16-12(4)13(5)28-19(16)21-17(23)14-7-9-15(10-8-14)27-11(2)3/h7-11H,6H2,1-5H3,(H,21,23)(H,22,24,25). The molecule has 3 amide bonds. The summed E-state index contributed by atoms with van der Waals surface area (Å²) in [6, 6.07) is 6.74. The maximum Gasteiger partial charge on any atom is 0.414 e. The number of imide groups is 1. The van der Waals surface area contributed by atoms with Crippen LogP contribution in [0.4, 0.5) is 9.80 Å². The lowest BCUT2D eigenvalue weighted by molar-refractivity contribution is 0.0925. The fourth-order valence-electron chi connectivity index (χ4n) is 2.44. The van der Waals surface area contributed by atoms with Crippen LogP contribution in [0.2, 0.25) is 0 Å². The molecule has 1 aromatic heterocycles. The van der Waals surface area contributed by atoms with E-state index >= 15 is 0 Å². The van der Waals surface area contributed by atoms with Crippen molar-refractivity contribution in [3.63, 3.8) is 0 Å². The number of nitrogens with one attached hydrogen (secondary N) is 2. The average molecular weight is 404 g/mol. The third-order valence-corrected chi connectivity index (χ3v) is 4.94. The van der Waals surface area contributed by atoms with Crippen molar-refractivity contribution in [1.29, 1.82) is 0 Å². The van der Waals surface area contributed by atoms with Gasteiger partial charge in [0.2, 0.25) is 0 Å². The molecular weight excluding hydrogens is 380 g/mol. The average Bonchev–Trinajstić information content (AvgIpc) is 2.89. The molecule has 0 atom stereocenters. The smallest absolute Gasteiger partial charge is 0.414 e. The Balaban J connectivity index is 2.19. The number of benzene rings is 1. The van der Waals surface area contributed by atoms with Crippen molar-refractivity contribution in [2.45, 2.75) is 40.7 Å². The number of rotatable bonds is 6. The Morgan fingerprint density at radius 1 is 1.07 bits per heavy atom. The van der Waals surface area contributed by atoms with Gasteiger partial charge in [0.05, 0.1) is 18.3 Å². The van der Waals surface area contributed by atoms with Crippen LogP contribution in [-0.2, 0) is 4.74 Å². The van der Waals surface area contributed by atoms with Crippen LogP contribution in [0.1, 0.15) is 51.9 Å². The maximum atomic E-state index is 12.6. The molecule has 2 N–H and O–H groups in total. The van der Waals surface area contributed by atoms with Gasteiger partial charge in [-0.05, 0) is 64.4 Å². The van der Waals surface area contributed by atoms with Crippen molar-refractivity contribution in [3.05, 3.63) is 45.8 Å². The summed E-state index contributed by atoms with van der Waals surface area (Å²) in [6.45, 7) is 9.25. The highest BCUT2D eigenvalue weighted by molar-refractivity contribution is 7.16. The quantitative estimate of drug-likeness (QED) is 0.749. The molecule has 0 saturated carbocycles. The summed E-state index contributed by atoms with van der Waals surface area (Å²) in [7, 11) is 0. The van der Waals surface area contributed by atoms with E-state index in [4.69, 9.17) is 9.47 Å². The highest BCUT2D eigenvalue weighted by Gasteiger charge is 2.23. The molecule has 7 nitrogen and oxygen atoms in total. The van der Waals surface area contributed by atoms with Gasteiger partial charge in [-0.25, -0.2) is 4.79 Å². The number of ether oxygens (including phenoxy) is 2. The van der Waals surface area contributed by atoms with Gasteiger partial charge in [-0.3, -0.25) is 14.9 Å². The SMILES string of the molecule is CCOC(=O)NC(=O)c1c(NC(=O)c2ccc(OC(C)C)cc2)sc(C)c1C. The Labute approximate surface area is 168 Å². The molecule has 0 radical (unpaired) electrons. The third-order valence-electron chi connectivity index (χ3n) is 3.82. The molecule has 150 valence electrons. The molecule has 28 heavy (non-hydrogen) atoms. The molecule has 2 rings (SSSR count). The molecule has 2 aromatic rings. The zero-order chi connectivity index (χ0) is 20.8. The highest BCUT2D eigenvalue weighted by atomic mass is 32.1. The first kappa shape index (κ1) is 21.4. The summed E-state index contributed by atoms with van der Waals surface area (Å²) in [5.74, 6) is -0.303. The van der Waals surface area contributed by atoms with Gasteiger partial charge < -0.3 is 14.8 Å². The highest BCUT2D eigenvalue weighted by Crippen LogP contribution is 2.32. The fourth-order valence-corrected chi connectivity index (χ4v) is 3.50. The molecule has 1 aromatic carbocycles. The number of hydrogen-bond acceptors (Lipinski definition) is 6. The van der Waals surface area contributed by atoms with Crippen LogP contribution >= 0.6 is 11.3 Å². The Kier molecular flexibility index (Phi) is 7.17. The van der Waals surface area contributed by atoms with E-state index in [0.29, 0.717) is 21.9 Å². The molecule has 8 heteroatoms. The van der Waals surface area contributed by atoms with Crippen LogP contribution in [0.25, 0.3) is 0 Å². The molecular formula is C20H24N2O5S. The third kappa shape index (κ3) is 5.32. The second kappa shape index (κ2) is 9.36. The van der Waals surface area contributed by atoms with Crippen molar-refractivity contribution in [1.82, 2.24) is 5.32 Å². The molecule has 1 heterocycles. The number of thiophene rings is 1. The van der Waals surface area contributed by atoms with E-state index in [1.54, 1.807) is 38.1 Å². The van der Waals surface area contributed by atoms with E-state index in [-0.39, 0.29) is 24.2 Å². The summed E-state index contributed by atoms with van der Waals surface area (Å²) >= 11 is 1.27. The van der Waals surface area contributed by atoms with E-state index in [0.717, 1.165) is 4.88 Å². The number of alkyl carbamates (subject to hydrolysis) is 1. The molecule has 0 aliphatic rings. The van der Waals surface area contributed by atoms with Gasteiger partial charge in [-0.15, -0.1) is 11.3 Å². The van der Waals surface area contributed by atoms with E-state index < -0.39 is 12.0 Å². The van der Waals surface area contributed by atoms with Crippen LogP contribution in [0.5, 0.6) is 5.75 Å². The zero-order valence-electron chi connectivity index (χ0n) is 16.5. The second-order valence-corrected chi connectivity index (χ2v) is 7.53. The minimum Gasteiger partial charge on any atom is -0.491 e. The van der Waals surface area contributed by atoms with E-state index in [1.807, 2.05) is 20.8 Å². The summed E-state index contributed by atoms with van der Waals surface area (Å²) < 4.78 is 10.3. The van der Waals surface area contributed by atoms with Gasteiger partial charge in [0.1, 0.15) is 10.8 Å². The Morgan fingerprint density at radius 2 is 1.71 bits per heavy atom. The van der Waals surface area contributed by atoms with Crippen molar-refractivity contribution in [2.75, 3.05) is 11.9 Å². The molecule has 0 aliphatic carbocycles. The minimum absolute atomic E-state index is 0.0391. The largest absolute Gasteiger partial charge is 0.491 e. The van der Waals surface area contributed by atoms with Crippen LogP contribution in [-0.4, -0.2) is 30.6 Å². The van der Waals surface area contributed by atoms with Crippen LogP contribution < -0.4 is 15.4 Å². The van der Waals surface area contributed by atoms with E-state index in [2.05, 4.69) is 10.6 Å². The number of anilines is 1. The predicted octanol–water partition coefficient (Wildman–Crippen LogP) is 4.29. The predicted molar refractivity (Wildman–Crippen MR) is 108 cm³/mol. The maximum absolute atomic E-state index is 12.6. The summed E-state index contributed by atoms with van der Waals surface area (Å²) in [5, 5.41) is 5.31. The fraction of sp³-hybridized carbons (Fsp3) is 0.350. The Bertz CT molecular complexity index is 871. The van der Waals surface area contributed by atoms with Crippen LogP contribution in [0.15, 0.2) is 24.3 Å². The topological polar surface area (TPSA) is 93.7 Å². The van der Waals surface area contributed by atoms with Gasteiger partial charge in [0.25, 0.3) is 11.8 Å². The molecule has 0 fully saturated rings. The minimum atomic E-state index is -0.825. The summed E-state index contributed by atoms with van der Waals surface area (Å²) in [4.78, 5) is 37.5. The normalized spacial score (nSPS) is 10.5. The van der Waals surface area contributed by atoms with Gasteiger partial charge in [-0.2, -0.15) is 0 Å². The molecule has 0 unspecified atom stereocenters. The van der Waals surface area contributed by atoms with Crippen molar-refractivity contribution in [3.8, 4) is 5.75 Å². The monoisotopic (exact) mass is 404 g/mol. The second-order valence-electron chi connectivity index (χ2n) is 6.31. The lowest BCUT2D eigenvalue weighted by Crippen LogP contribution is -2.31. The number of amides is 3. The molecule has 0 aliphatic heterocycles. The first-order valence-electron chi connectivity index (χ1n) is 8.89. The molecule has 0 spiro atoms.